The van der Waals surface area contributed by atoms with Crippen molar-refractivity contribution in [1.82, 2.24) is 6.15 Å². The van der Waals surface area contributed by atoms with Gasteiger partial charge in [-0.2, -0.15) is 0 Å². The van der Waals surface area contributed by atoms with E-state index in [2.05, 4.69) is 0 Å². The molecule has 0 spiro atoms. The van der Waals surface area contributed by atoms with Gasteiger partial charge in [-0.3, -0.25) is 4.79 Å². The average molecular weight is 215 g/mol. The first-order chi connectivity index (χ1) is 4.79. The van der Waals surface area contributed by atoms with E-state index >= 15 is 0 Å². The van der Waals surface area contributed by atoms with Crippen molar-refractivity contribution >= 4 is 5.97 Å². The van der Waals surface area contributed by atoms with E-state index in [1.165, 1.54) is 19.3 Å². The zero-order chi connectivity index (χ0) is 7.40. The molecule has 0 bridgehead atoms. The maximum Gasteiger partial charge on any atom is 0.303 e. The van der Waals surface area contributed by atoms with E-state index in [0.29, 0.717) is 12.3 Å². The Bertz CT molecular complexity index is 124. The van der Waals surface area contributed by atoms with Crippen LogP contribution in [0.25, 0.3) is 0 Å². The third-order valence-corrected chi connectivity index (χ3v) is 2.19. The fourth-order valence-electron chi connectivity index (χ4n) is 1.64. The second kappa shape index (κ2) is 7.59. The summed E-state index contributed by atoms with van der Waals surface area (Å²) >= 11 is 0. The zero-order valence-corrected chi connectivity index (χ0v) is 8.34. The van der Waals surface area contributed by atoms with Crippen LogP contribution in [-0.4, -0.2) is 11.1 Å². The van der Waals surface area contributed by atoms with Crippen molar-refractivity contribution in [2.24, 2.45) is 5.92 Å². The molecule has 0 amide bonds. The Labute approximate surface area is 84.0 Å². The number of hydrogen-bond donors (Lipinski definition) is 2. The molecular weight excluding hydrogens is 198 g/mol. The minimum absolute atomic E-state index is 0. The summed E-state index contributed by atoms with van der Waals surface area (Å²) in [4.78, 5) is 10.3. The van der Waals surface area contributed by atoms with Gasteiger partial charge >= 0.3 is 5.97 Å². The van der Waals surface area contributed by atoms with E-state index < -0.39 is 5.97 Å². The van der Waals surface area contributed by atoms with Crippen molar-refractivity contribution in [1.29, 1.82) is 0 Å². The SMILES string of the molecule is N.O=C(O)CC1CCCCC1.[Fe]. The van der Waals surface area contributed by atoms with Gasteiger partial charge in [-0.1, -0.05) is 19.3 Å². The summed E-state index contributed by atoms with van der Waals surface area (Å²) in [6.07, 6.45) is 6.42. The third kappa shape index (κ3) is 5.58. The first kappa shape index (κ1) is 14.5. The topological polar surface area (TPSA) is 72.3 Å². The van der Waals surface area contributed by atoms with Crippen LogP contribution in [0.15, 0.2) is 0 Å². The molecule has 1 rings (SSSR count). The van der Waals surface area contributed by atoms with Crippen molar-refractivity contribution in [3.63, 3.8) is 0 Å². The van der Waals surface area contributed by atoms with E-state index in [-0.39, 0.29) is 23.2 Å². The first-order valence-electron chi connectivity index (χ1n) is 4.01. The quantitative estimate of drug-likeness (QED) is 0.693. The van der Waals surface area contributed by atoms with Gasteiger partial charge in [-0.05, 0) is 18.8 Å². The van der Waals surface area contributed by atoms with Gasteiger partial charge in [0.15, 0.2) is 0 Å². The van der Waals surface area contributed by atoms with Crippen LogP contribution in [0, 0.1) is 5.92 Å². The van der Waals surface area contributed by atoms with Crippen LogP contribution < -0.4 is 6.15 Å². The smallest absolute Gasteiger partial charge is 0.303 e. The van der Waals surface area contributed by atoms with Gasteiger partial charge in [0.25, 0.3) is 0 Å². The van der Waals surface area contributed by atoms with E-state index in [0.717, 1.165) is 12.8 Å². The molecule has 0 atom stereocenters. The molecule has 0 unspecified atom stereocenters. The minimum atomic E-state index is -0.632. The van der Waals surface area contributed by atoms with Crippen LogP contribution in [0.4, 0.5) is 0 Å². The first-order valence-corrected chi connectivity index (χ1v) is 4.01. The molecule has 1 fully saturated rings. The van der Waals surface area contributed by atoms with Crippen molar-refractivity contribution in [2.75, 3.05) is 0 Å². The van der Waals surface area contributed by atoms with Gasteiger partial charge in [0.2, 0.25) is 0 Å². The largest absolute Gasteiger partial charge is 0.481 e. The van der Waals surface area contributed by atoms with E-state index in [4.69, 9.17) is 5.11 Å². The molecule has 4 N–H and O–H groups in total. The molecule has 1 saturated carbocycles. The second-order valence-corrected chi connectivity index (χ2v) is 3.10. The molecule has 0 aromatic carbocycles. The van der Waals surface area contributed by atoms with Crippen LogP contribution in [-0.2, 0) is 21.9 Å². The summed E-state index contributed by atoms with van der Waals surface area (Å²) in [5, 5.41) is 8.47. The number of rotatable bonds is 2. The van der Waals surface area contributed by atoms with Crippen LogP contribution in [0.3, 0.4) is 0 Å². The molecule has 1 aliphatic carbocycles. The predicted octanol–water partition coefficient (Wildman–Crippen LogP) is 2.20. The molecule has 0 radical (unpaired) electrons. The van der Waals surface area contributed by atoms with Crippen LogP contribution in [0.2, 0.25) is 0 Å². The van der Waals surface area contributed by atoms with Crippen LogP contribution in [0.5, 0.6) is 0 Å². The summed E-state index contributed by atoms with van der Waals surface area (Å²) in [7, 11) is 0. The van der Waals surface area contributed by atoms with Gasteiger partial charge < -0.3 is 11.3 Å². The normalized spacial score (nSPS) is 17.3. The summed E-state index contributed by atoms with van der Waals surface area (Å²) in [6.45, 7) is 0. The standard InChI is InChI=1S/C8H14O2.Fe.H3N/c9-8(10)6-7-4-2-1-3-5-7;;/h7H,1-6H2,(H,9,10);;1H3. The predicted molar refractivity (Wildman–Crippen MR) is 43.8 cm³/mol. The van der Waals surface area contributed by atoms with E-state index in [1.807, 2.05) is 0 Å². The Morgan fingerprint density at radius 2 is 1.75 bits per heavy atom. The summed E-state index contributed by atoms with van der Waals surface area (Å²) in [5.74, 6) is -0.154. The Morgan fingerprint density at radius 3 is 2.17 bits per heavy atom. The molecule has 0 saturated heterocycles. The molecule has 12 heavy (non-hydrogen) atoms. The van der Waals surface area contributed by atoms with Crippen molar-refractivity contribution in [3.8, 4) is 0 Å². The molecule has 4 heteroatoms. The molecule has 0 aromatic rings. The van der Waals surface area contributed by atoms with Gasteiger partial charge in [0.05, 0.1) is 0 Å². The van der Waals surface area contributed by atoms with Crippen molar-refractivity contribution in [2.45, 2.75) is 38.5 Å². The van der Waals surface area contributed by atoms with E-state index in [9.17, 15) is 4.79 Å². The minimum Gasteiger partial charge on any atom is -0.481 e. The van der Waals surface area contributed by atoms with Gasteiger partial charge in [-0.25, -0.2) is 0 Å². The summed E-state index contributed by atoms with van der Waals surface area (Å²) in [5.41, 5.74) is 0. The number of aliphatic carboxylic acids is 1. The molecule has 0 aliphatic heterocycles. The molecule has 74 valence electrons. The van der Waals surface area contributed by atoms with Gasteiger partial charge in [-0.15, -0.1) is 0 Å². The number of carbonyl (C=O) groups is 1. The number of hydrogen-bond acceptors (Lipinski definition) is 2. The van der Waals surface area contributed by atoms with Gasteiger partial charge in [0.1, 0.15) is 0 Å². The molecule has 0 aromatic heterocycles. The number of carboxylic acids is 1. The third-order valence-electron chi connectivity index (χ3n) is 2.19. The van der Waals surface area contributed by atoms with Crippen molar-refractivity contribution in [3.05, 3.63) is 0 Å². The average Bonchev–Trinajstić information content (AvgIpc) is 1.88. The molecular formula is C8H17FeNO2. The Morgan fingerprint density at radius 1 is 1.25 bits per heavy atom. The Balaban J connectivity index is 0. The molecule has 1 aliphatic rings. The van der Waals surface area contributed by atoms with Crippen LogP contribution in [0.1, 0.15) is 38.5 Å². The maximum absolute atomic E-state index is 10.3. The number of carboxylic acid groups (broad SMARTS) is 1. The van der Waals surface area contributed by atoms with Crippen molar-refractivity contribution < 1.29 is 27.0 Å². The summed E-state index contributed by atoms with van der Waals surface area (Å²) in [6, 6.07) is 0. The Kier molecular flexibility index (Phi) is 9.15. The Hall–Kier alpha value is -0.0505. The monoisotopic (exact) mass is 215 g/mol. The second-order valence-electron chi connectivity index (χ2n) is 3.10. The fourth-order valence-corrected chi connectivity index (χ4v) is 1.64. The fraction of sp³-hybridized carbons (Fsp3) is 0.875. The maximum atomic E-state index is 10.3. The van der Waals surface area contributed by atoms with Crippen LogP contribution >= 0.6 is 0 Å². The van der Waals surface area contributed by atoms with Gasteiger partial charge in [0, 0.05) is 23.5 Å². The molecule has 0 heterocycles. The van der Waals surface area contributed by atoms with E-state index in [1.54, 1.807) is 0 Å². The summed E-state index contributed by atoms with van der Waals surface area (Å²) < 4.78 is 0. The molecule has 3 nitrogen and oxygen atoms in total. The zero-order valence-electron chi connectivity index (χ0n) is 7.24.